The number of rotatable bonds is 18. The molecule has 266 valence electrons. The molecule has 18 nitrogen and oxygen atoms in total. The van der Waals surface area contributed by atoms with Crippen molar-refractivity contribution in [3.8, 4) is 0 Å². The summed E-state index contributed by atoms with van der Waals surface area (Å²) in [6.45, 7) is 12.5. The van der Waals surface area contributed by atoms with Gasteiger partial charge in [0, 0.05) is 22.3 Å². The van der Waals surface area contributed by atoms with Gasteiger partial charge in [-0.05, 0) is 13.8 Å². The predicted octanol–water partition coefficient (Wildman–Crippen LogP) is -2.31. The molecule has 0 amide bonds. The first-order valence-corrected chi connectivity index (χ1v) is 12.7. The van der Waals surface area contributed by atoms with E-state index in [1.165, 1.54) is 13.8 Å². The van der Waals surface area contributed by atoms with Gasteiger partial charge in [0.2, 0.25) is 0 Å². The van der Waals surface area contributed by atoms with Crippen LogP contribution < -0.4 is 0 Å². The van der Waals surface area contributed by atoms with Gasteiger partial charge in [0.05, 0.1) is 63.3 Å². The molecule has 0 aromatic rings. The van der Waals surface area contributed by atoms with Gasteiger partial charge >= 0.3 is 65.4 Å². The molecular weight excluding hydrogens is 647 g/mol. The molecule has 0 atom stereocenters. The number of esters is 2. The maximum atomic E-state index is 11.0. The topological polar surface area (TPSA) is 323 Å². The molecule has 19 heteroatoms. The summed E-state index contributed by atoms with van der Waals surface area (Å²) in [5, 5.41) is 85.5. The number of hydrogen-bond acceptors (Lipinski definition) is 14. The summed E-state index contributed by atoms with van der Waals surface area (Å²) in [4.78, 5) is 61.3. The molecule has 0 heterocycles. The normalized spacial score (nSPS) is 9.87. The van der Waals surface area contributed by atoms with Crippen LogP contribution in [0, 0.1) is 10.8 Å². The minimum atomic E-state index is -1.27. The maximum absolute atomic E-state index is 11.0. The Morgan fingerprint density at radius 1 is 0.511 bits per heavy atom. The summed E-state index contributed by atoms with van der Waals surface area (Å²) in [6, 6.07) is 0. The Kier molecular flexibility index (Phi) is 32.4. The van der Waals surface area contributed by atoms with Crippen molar-refractivity contribution in [1.29, 1.82) is 0 Å². The third-order valence-corrected chi connectivity index (χ3v) is 5.06. The number of carbonyl (C=O) groups excluding carboxylic acids is 2. The molecule has 0 aromatic heterocycles. The van der Waals surface area contributed by atoms with Gasteiger partial charge in [-0.25, -0.2) is 19.2 Å². The molecule has 0 radical (unpaired) electrons. The first kappa shape index (κ1) is 53.0. The summed E-state index contributed by atoms with van der Waals surface area (Å²) in [6.07, 6.45) is -1.01. The van der Waals surface area contributed by atoms with E-state index in [9.17, 15) is 28.8 Å². The molecule has 0 unspecified atom stereocenters. The van der Waals surface area contributed by atoms with E-state index in [1.54, 1.807) is 0 Å². The van der Waals surface area contributed by atoms with Gasteiger partial charge in [0.1, 0.15) is 13.2 Å². The van der Waals surface area contributed by atoms with Crippen LogP contribution in [0.5, 0.6) is 0 Å². The van der Waals surface area contributed by atoms with Crippen LogP contribution in [0.25, 0.3) is 0 Å². The average Bonchev–Trinajstić information content (AvgIpc) is 2.99. The van der Waals surface area contributed by atoms with Crippen molar-refractivity contribution in [2.24, 2.45) is 10.8 Å². The number of aliphatic carboxylic acids is 4. The summed E-state index contributed by atoms with van der Waals surface area (Å²) in [5.41, 5.74) is -2.50. The summed E-state index contributed by atoms with van der Waals surface area (Å²) in [7, 11) is 0. The van der Waals surface area contributed by atoms with Gasteiger partial charge < -0.3 is 60.5 Å². The number of ether oxygens (including phenoxy) is 2. The number of aliphatic hydroxyl groups excluding tert-OH is 6. The van der Waals surface area contributed by atoms with E-state index in [2.05, 4.69) is 26.3 Å². The van der Waals surface area contributed by atoms with Crippen LogP contribution in [0.4, 0.5) is 0 Å². The van der Waals surface area contributed by atoms with Gasteiger partial charge in [-0.15, -0.1) is 0 Å². The van der Waals surface area contributed by atoms with E-state index in [0.717, 1.165) is 0 Å². The molecule has 47 heavy (non-hydrogen) atoms. The fourth-order valence-electron chi connectivity index (χ4n) is 1.77. The van der Waals surface area contributed by atoms with Gasteiger partial charge in [-0.2, -0.15) is 0 Å². The molecule has 0 rings (SSSR count). The monoisotopic (exact) mass is 692 g/mol. The fourth-order valence-corrected chi connectivity index (χ4v) is 1.77. The third-order valence-electron chi connectivity index (χ3n) is 5.06. The van der Waals surface area contributed by atoms with Crippen LogP contribution in [0.3, 0.4) is 0 Å². The van der Waals surface area contributed by atoms with Crippen LogP contribution >= 0.6 is 0 Å². The van der Waals surface area contributed by atoms with E-state index in [1.807, 2.05) is 0 Å². The van der Waals surface area contributed by atoms with E-state index >= 15 is 0 Å². The van der Waals surface area contributed by atoms with Crippen LogP contribution in [-0.2, 0) is 38.2 Å². The third kappa shape index (κ3) is 27.4. The molecular formula is C28H45NaO18. The molecule has 0 fully saturated rings. The van der Waals surface area contributed by atoms with Gasteiger partial charge in [-0.3, -0.25) is 9.59 Å². The second-order valence-corrected chi connectivity index (χ2v) is 9.62. The molecule has 0 bridgehead atoms. The standard InChI is InChI=1S/2C9H16O5.2C5H6O4.Na.H/c2*1-7(2)8(13)14-6-9(3-10,4-11)5-12;2*1-3(5(8)9)2-4(6)7;;/h2*10-12H,1,3-6H2,2H3;2*1-2H2,(H,6,7)(H,8,9);;. The molecule has 0 aliphatic carbocycles. The Morgan fingerprint density at radius 2 is 0.723 bits per heavy atom. The van der Waals surface area contributed by atoms with Crippen molar-refractivity contribution in [3.05, 3.63) is 48.6 Å². The van der Waals surface area contributed by atoms with E-state index in [4.69, 9.17) is 60.5 Å². The Balaban J connectivity index is -0.000000169. The Bertz CT molecular complexity index is 973. The van der Waals surface area contributed by atoms with E-state index < -0.39 is 99.1 Å². The molecule has 10 N–H and O–H groups in total. The van der Waals surface area contributed by atoms with Crippen molar-refractivity contribution in [1.82, 2.24) is 0 Å². The van der Waals surface area contributed by atoms with Crippen molar-refractivity contribution in [3.63, 3.8) is 0 Å². The van der Waals surface area contributed by atoms with Crippen LogP contribution in [-0.4, -0.2) is 169 Å². The van der Waals surface area contributed by atoms with Crippen molar-refractivity contribution >= 4 is 65.4 Å². The Hall–Kier alpha value is -3.46. The zero-order valence-electron chi connectivity index (χ0n) is 25.6. The van der Waals surface area contributed by atoms with Gasteiger partial charge in [0.15, 0.2) is 0 Å². The van der Waals surface area contributed by atoms with Crippen LogP contribution in [0.15, 0.2) is 48.6 Å². The number of carboxylic acid groups (broad SMARTS) is 4. The zero-order valence-corrected chi connectivity index (χ0v) is 25.6. The van der Waals surface area contributed by atoms with E-state index in [-0.39, 0.29) is 65.1 Å². The van der Waals surface area contributed by atoms with Crippen molar-refractivity contribution in [2.75, 3.05) is 52.9 Å². The number of carboxylic acids is 4. The quantitative estimate of drug-likeness (QED) is 0.0410. The second-order valence-electron chi connectivity index (χ2n) is 9.62. The van der Waals surface area contributed by atoms with Crippen molar-refractivity contribution < 1.29 is 89.3 Å². The first-order chi connectivity index (χ1) is 21.1. The number of aliphatic hydroxyl groups is 6. The first-order valence-electron chi connectivity index (χ1n) is 12.7. The van der Waals surface area contributed by atoms with Gasteiger partial charge in [-0.1, -0.05) is 26.3 Å². The molecule has 0 saturated carbocycles. The van der Waals surface area contributed by atoms with Crippen LogP contribution in [0.2, 0.25) is 0 Å². The molecule has 0 aromatic carbocycles. The number of hydrogen-bond donors (Lipinski definition) is 10. The van der Waals surface area contributed by atoms with Crippen LogP contribution in [0.1, 0.15) is 26.7 Å². The minimum absolute atomic E-state index is 0. The second kappa shape index (κ2) is 28.7. The number of carbonyl (C=O) groups is 6. The van der Waals surface area contributed by atoms with Crippen molar-refractivity contribution in [2.45, 2.75) is 26.7 Å². The fraction of sp³-hybridized carbons (Fsp3) is 0.500. The van der Waals surface area contributed by atoms with E-state index in [0.29, 0.717) is 0 Å². The Morgan fingerprint density at radius 3 is 0.830 bits per heavy atom. The zero-order chi connectivity index (χ0) is 37.3. The summed E-state index contributed by atoms with van der Waals surface area (Å²) >= 11 is 0. The molecule has 0 spiro atoms. The Labute approximate surface area is 292 Å². The molecule has 0 aliphatic rings. The predicted molar refractivity (Wildman–Crippen MR) is 164 cm³/mol. The summed E-state index contributed by atoms with van der Waals surface area (Å²) in [5.74, 6) is -6.10. The molecule has 0 saturated heterocycles. The SMILES string of the molecule is C=C(C)C(=O)OCC(CO)(CO)CO.C=C(C)C(=O)OCC(CO)(CO)CO.C=C(CC(=O)O)C(=O)O.C=C(CC(=O)O)C(=O)O.[NaH]. The van der Waals surface area contributed by atoms with Gasteiger partial charge in [0.25, 0.3) is 0 Å². The summed E-state index contributed by atoms with van der Waals surface area (Å²) < 4.78 is 9.45. The average molecular weight is 693 g/mol. The molecule has 0 aliphatic heterocycles.